The third-order valence-electron chi connectivity index (χ3n) is 5.93. The number of carboxylic acid groups (broad SMARTS) is 1. The third-order valence-corrected chi connectivity index (χ3v) is 8.89. The summed E-state index contributed by atoms with van der Waals surface area (Å²) in [4.78, 5) is 43.5. The summed E-state index contributed by atoms with van der Waals surface area (Å²) in [5, 5.41) is 12.1. The second-order valence-corrected chi connectivity index (χ2v) is 11.2. The number of benzene rings is 1. The number of aliphatic carboxylic acids is 1. The highest BCUT2D eigenvalue weighted by Crippen LogP contribution is 2.40. The topological polar surface area (TPSA) is 93.2 Å². The second kappa shape index (κ2) is 9.65. The second-order valence-electron chi connectivity index (χ2n) is 8.48. The first kappa shape index (κ1) is 24.1. The van der Waals surface area contributed by atoms with Crippen LogP contribution in [0.15, 0.2) is 41.6 Å². The van der Waals surface area contributed by atoms with Crippen LogP contribution in [0.4, 0.5) is 0 Å². The van der Waals surface area contributed by atoms with E-state index >= 15 is 0 Å². The molecule has 3 heterocycles. The van der Waals surface area contributed by atoms with E-state index in [2.05, 4.69) is 24.1 Å². The van der Waals surface area contributed by atoms with E-state index in [-0.39, 0.29) is 23.6 Å². The summed E-state index contributed by atoms with van der Waals surface area (Å²) in [6, 6.07) is 8.31. The molecule has 2 amide bonds. The van der Waals surface area contributed by atoms with Crippen LogP contribution in [0, 0.1) is 0 Å². The van der Waals surface area contributed by atoms with E-state index in [4.69, 9.17) is 12.2 Å². The lowest BCUT2D eigenvalue weighted by molar-refractivity contribution is -0.151. The Balaban J connectivity index is 1.56. The molecule has 11 heteroatoms. The maximum Gasteiger partial charge on any atom is 0.352 e. The molecule has 4 rings (SSSR count). The molecular weight excluding hydrogens is 480 g/mol. The fourth-order valence-corrected chi connectivity index (χ4v) is 6.88. The summed E-state index contributed by atoms with van der Waals surface area (Å²) in [6.45, 7) is 6.34. The fourth-order valence-electron chi connectivity index (χ4n) is 4.22. The number of carboxylic acids is 1. The largest absolute Gasteiger partial charge is 0.477 e. The van der Waals surface area contributed by atoms with Crippen LogP contribution in [0.3, 0.4) is 0 Å². The molecule has 2 N–H and O–H groups in total. The normalized spacial score (nSPS) is 24.5. The van der Waals surface area contributed by atoms with Gasteiger partial charge in [-0.25, -0.2) is 4.79 Å². The van der Waals surface area contributed by atoms with E-state index in [0.29, 0.717) is 23.9 Å². The van der Waals surface area contributed by atoms with Crippen molar-refractivity contribution in [1.29, 1.82) is 0 Å². The Morgan fingerprint density at radius 1 is 1.24 bits per heavy atom. The van der Waals surface area contributed by atoms with E-state index in [1.807, 2.05) is 35.2 Å². The number of nitrogens with zero attached hydrogens (tertiary/aromatic N) is 3. The van der Waals surface area contributed by atoms with E-state index in [1.165, 1.54) is 28.4 Å². The van der Waals surface area contributed by atoms with Crippen molar-refractivity contribution < 1.29 is 19.5 Å². The molecule has 0 saturated carbocycles. The van der Waals surface area contributed by atoms with E-state index in [9.17, 15) is 19.5 Å². The average Bonchev–Trinajstić information content (AvgIpc) is 2.78. The highest BCUT2D eigenvalue weighted by atomic mass is 32.2. The minimum absolute atomic E-state index is 0.0300. The Bertz CT molecular complexity index is 1020. The molecule has 176 valence electrons. The smallest absolute Gasteiger partial charge is 0.352 e. The number of thioether (sulfide) groups is 2. The van der Waals surface area contributed by atoms with Crippen molar-refractivity contribution in [1.82, 2.24) is 20.0 Å². The molecule has 2 fully saturated rings. The Morgan fingerprint density at radius 3 is 2.58 bits per heavy atom. The lowest BCUT2D eigenvalue weighted by atomic mass is 10.0. The molecule has 1 aromatic carbocycles. The van der Waals surface area contributed by atoms with Crippen LogP contribution in [-0.4, -0.2) is 77.7 Å². The Labute approximate surface area is 206 Å². The predicted molar refractivity (Wildman–Crippen MR) is 133 cm³/mol. The van der Waals surface area contributed by atoms with Crippen molar-refractivity contribution in [2.75, 3.05) is 18.3 Å². The number of carbonyl (C=O) groups excluding carboxylic acids is 2. The number of fused-ring (bicyclic) bond motifs is 1. The van der Waals surface area contributed by atoms with Gasteiger partial charge in [-0.15, -0.1) is 11.8 Å². The van der Waals surface area contributed by atoms with Gasteiger partial charge in [0, 0.05) is 11.8 Å². The predicted octanol–water partition coefficient (Wildman–Crippen LogP) is 2.45. The minimum Gasteiger partial charge on any atom is -0.477 e. The molecule has 0 aliphatic carbocycles. The number of β-lactam (4-membered cyclic amide) rings is 1. The van der Waals surface area contributed by atoms with Gasteiger partial charge in [0.05, 0.1) is 12.5 Å². The van der Waals surface area contributed by atoms with Crippen molar-refractivity contribution in [3.63, 3.8) is 0 Å². The van der Waals surface area contributed by atoms with Crippen LogP contribution in [0.5, 0.6) is 0 Å². The SMILES string of the molecule is CC1=C(C(=O)O)N2C(=O)[C@H](NC(=O)[C@@H](c3ccccc3)N3CSC(=S)N(C(C)C)C3)[C@@H]2SC1. The van der Waals surface area contributed by atoms with Crippen LogP contribution >= 0.6 is 35.7 Å². The van der Waals surface area contributed by atoms with Crippen LogP contribution in [0.1, 0.15) is 32.4 Å². The van der Waals surface area contributed by atoms with Crippen molar-refractivity contribution in [2.24, 2.45) is 0 Å². The summed E-state index contributed by atoms with van der Waals surface area (Å²) in [7, 11) is 0. The summed E-state index contributed by atoms with van der Waals surface area (Å²) in [5.74, 6) is -0.715. The van der Waals surface area contributed by atoms with E-state index < -0.39 is 23.4 Å². The molecule has 33 heavy (non-hydrogen) atoms. The lowest BCUT2D eigenvalue weighted by Gasteiger charge is -2.50. The van der Waals surface area contributed by atoms with Crippen molar-refractivity contribution in [3.8, 4) is 0 Å². The number of hydrogen-bond donors (Lipinski definition) is 2. The maximum absolute atomic E-state index is 13.6. The van der Waals surface area contributed by atoms with E-state index in [0.717, 1.165) is 9.88 Å². The number of hydrogen-bond acceptors (Lipinski definition) is 7. The van der Waals surface area contributed by atoms with Gasteiger partial charge in [0.2, 0.25) is 5.91 Å². The first-order valence-electron chi connectivity index (χ1n) is 10.6. The first-order valence-corrected chi connectivity index (χ1v) is 13.1. The highest BCUT2D eigenvalue weighted by Gasteiger charge is 2.54. The average molecular weight is 507 g/mol. The summed E-state index contributed by atoms with van der Waals surface area (Å²) in [5.41, 5.74) is 1.51. The highest BCUT2D eigenvalue weighted by molar-refractivity contribution is 8.22. The van der Waals surface area contributed by atoms with Gasteiger partial charge in [-0.3, -0.25) is 19.4 Å². The molecule has 1 aromatic rings. The van der Waals surface area contributed by atoms with Gasteiger partial charge in [-0.1, -0.05) is 54.3 Å². The quantitative estimate of drug-likeness (QED) is 0.446. The van der Waals surface area contributed by atoms with Crippen molar-refractivity contribution in [3.05, 3.63) is 47.2 Å². The van der Waals surface area contributed by atoms with Gasteiger partial charge < -0.3 is 15.3 Å². The zero-order valence-corrected chi connectivity index (χ0v) is 21.0. The molecule has 0 spiro atoms. The molecule has 3 aliphatic rings. The zero-order chi connectivity index (χ0) is 23.9. The van der Waals surface area contributed by atoms with E-state index in [1.54, 1.807) is 6.92 Å². The molecule has 0 unspecified atom stereocenters. The molecule has 3 atom stereocenters. The minimum atomic E-state index is -1.12. The Morgan fingerprint density at radius 2 is 1.94 bits per heavy atom. The van der Waals surface area contributed by atoms with Gasteiger partial charge in [0.1, 0.15) is 27.5 Å². The van der Waals surface area contributed by atoms with Gasteiger partial charge in [0.15, 0.2) is 0 Å². The van der Waals surface area contributed by atoms with Gasteiger partial charge in [0.25, 0.3) is 5.91 Å². The molecular formula is C22H26N4O4S3. The summed E-state index contributed by atoms with van der Waals surface area (Å²) < 4.78 is 0.806. The first-order chi connectivity index (χ1) is 15.7. The number of thiocarbonyl (C=S) groups is 1. The van der Waals surface area contributed by atoms with Gasteiger partial charge in [-0.05, 0) is 31.9 Å². The molecule has 3 aliphatic heterocycles. The Kier molecular flexibility index (Phi) is 7.04. The van der Waals surface area contributed by atoms with Crippen LogP contribution in [-0.2, 0) is 14.4 Å². The number of rotatable bonds is 6. The number of amides is 2. The van der Waals surface area contributed by atoms with Crippen LogP contribution in [0.25, 0.3) is 0 Å². The number of nitrogens with one attached hydrogen (secondary N) is 1. The van der Waals surface area contributed by atoms with Gasteiger partial charge in [-0.2, -0.15) is 0 Å². The standard InChI is InChI=1S/C22H26N4O4S3/c1-12(2)25-10-24(11-33-22(25)31)17(14-7-5-4-6-8-14)18(27)23-15-19(28)26-16(21(29)30)13(3)9-32-20(15)26/h4-8,12,15,17,20H,9-11H2,1-3H3,(H,23,27)(H,29,30)/t15-,17+,20-/m0/s1. The summed E-state index contributed by atoms with van der Waals surface area (Å²) in [6.07, 6.45) is 0. The van der Waals surface area contributed by atoms with Crippen molar-refractivity contribution >= 4 is 57.8 Å². The summed E-state index contributed by atoms with van der Waals surface area (Å²) >= 11 is 8.49. The molecule has 8 nitrogen and oxygen atoms in total. The maximum atomic E-state index is 13.6. The number of carbonyl (C=O) groups is 3. The third kappa shape index (κ3) is 4.51. The lowest BCUT2D eigenvalue weighted by Crippen LogP contribution is -2.71. The van der Waals surface area contributed by atoms with Gasteiger partial charge >= 0.3 is 5.97 Å². The molecule has 2 saturated heterocycles. The molecule has 0 aromatic heterocycles. The van der Waals surface area contributed by atoms with Crippen molar-refractivity contribution in [2.45, 2.75) is 44.3 Å². The Hall–Kier alpha value is -2.08. The monoisotopic (exact) mass is 506 g/mol. The fraction of sp³-hybridized carbons (Fsp3) is 0.455. The van der Waals surface area contributed by atoms with Crippen LogP contribution in [0.2, 0.25) is 0 Å². The zero-order valence-electron chi connectivity index (χ0n) is 18.6. The molecule has 0 radical (unpaired) electrons. The molecule has 0 bridgehead atoms. The van der Waals surface area contributed by atoms with Crippen LogP contribution < -0.4 is 5.32 Å².